The molecular formula is C95H84N14O12. The predicted octanol–water partition coefficient (Wildman–Crippen LogP) is 23.8. The van der Waals surface area contributed by atoms with Crippen molar-refractivity contribution in [2.24, 2.45) is 0 Å². The molecular weight excluding hydrogens is 1530 g/mol. The van der Waals surface area contributed by atoms with Gasteiger partial charge in [-0.05, 0) is 163 Å². The van der Waals surface area contributed by atoms with Crippen LogP contribution in [0.25, 0.3) is 0 Å². The number of ether oxygens (including phenoxy) is 12. The molecule has 0 radical (unpaired) electrons. The first kappa shape index (κ1) is 83.1. The number of aromatic nitrogens is 14. The summed E-state index contributed by atoms with van der Waals surface area (Å²) in [4.78, 5) is 61.3. The fourth-order valence-corrected chi connectivity index (χ4v) is 11.3. The van der Waals surface area contributed by atoms with Crippen molar-refractivity contribution in [3.63, 3.8) is 0 Å². The maximum atomic E-state index is 5.95. The van der Waals surface area contributed by atoms with Gasteiger partial charge in [0.25, 0.3) is 0 Å². The topological polar surface area (TPSA) is 291 Å². The van der Waals surface area contributed by atoms with Crippen LogP contribution in [0.2, 0.25) is 0 Å². The van der Waals surface area contributed by atoms with Crippen molar-refractivity contribution in [2.45, 2.75) is 90.0 Å². The van der Waals surface area contributed by atoms with Crippen molar-refractivity contribution in [1.82, 2.24) is 69.8 Å². The molecule has 0 spiro atoms. The lowest BCUT2D eigenvalue weighted by Gasteiger charge is -2.12. The van der Waals surface area contributed by atoms with E-state index in [0.717, 1.165) is 74.0 Å². The lowest BCUT2D eigenvalue weighted by molar-refractivity contribution is 0.396. The van der Waals surface area contributed by atoms with Crippen molar-refractivity contribution in [1.29, 1.82) is 0 Å². The van der Waals surface area contributed by atoms with Crippen molar-refractivity contribution >= 4 is 0 Å². The Balaban J connectivity index is 0.000000139. The second kappa shape index (κ2) is 40.1. The van der Waals surface area contributed by atoms with Crippen LogP contribution in [0.1, 0.15) is 74.0 Å². The minimum Gasteiger partial charge on any atom is -0.439 e. The maximum absolute atomic E-state index is 5.95. The summed E-state index contributed by atoms with van der Waals surface area (Å²) in [6.07, 6.45) is 0. The Morgan fingerprint density at radius 1 is 0.124 bits per heavy atom. The van der Waals surface area contributed by atoms with E-state index in [1.54, 1.807) is 133 Å². The smallest absolute Gasteiger partial charge is 0.322 e. The van der Waals surface area contributed by atoms with Crippen molar-refractivity contribution < 1.29 is 56.8 Å². The lowest BCUT2D eigenvalue weighted by Crippen LogP contribution is -1.97. The third kappa shape index (κ3) is 26.6. The number of benzene rings is 3. The second-order valence-corrected chi connectivity index (χ2v) is 27.3. The summed E-state index contributed by atoms with van der Waals surface area (Å²) in [6.45, 7) is 24.7. The summed E-state index contributed by atoms with van der Waals surface area (Å²) < 4.78 is 71.1. The molecule has 0 aliphatic heterocycles. The van der Waals surface area contributed by atoms with Gasteiger partial charge in [0.05, 0.1) is 0 Å². The van der Waals surface area contributed by atoms with Crippen LogP contribution in [0, 0.1) is 90.0 Å². The van der Waals surface area contributed by atoms with Gasteiger partial charge in [0.1, 0.15) is 57.5 Å². The van der Waals surface area contributed by atoms with E-state index in [4.69, 9.17) is 56.8 Å². The molecule has 121 heavy (non-hydrogen) atoms. The predicted molar refractivity (Wildman–Crippen MR) is 455 cm³/mol. The van der Waals surface area contributed by atoms with Crippen LogP contribution >= 0.6 is 0 Å². The Morgan fingerprint density at radius 3 is 0.438 bits per heavy atom. The second-order valence-electron chi connectivity index (χ2n) is 27.3. The van der Waals surface area contributed by atoms with Crippen LogP contribution in [0.4, 0.5) is 0 Å². The lowest BCUT2D eigenvalue weighted by atomic mass is 10.3. The molecule has 0 amide bonds. The number of hydrogen-bond acceptors (Lipinski definition) is 26. The number of nitrogens with zero attached hydrogens (tertiary/aromatic N) is 14. The molecule has 0 N–H and O–H groups in total. The van der Waals surface area contributed by atoms with E-state index in [2.05, 4.69) is 69.8 Å². The van der Waals surface area contributed by atoms with E-state index in [1.165, 1.54) is 0 Å². The average Bonchev–Trinajstić information content (AvgIpc) is 0.840. The largest absolute Gasteiger partial charge is 0.439 e. The van der Waals surface area contributed by atoms with Crippen LogP contribution in [0.15, 0.2) is 273 Å². The highest BCUT2D eigenvalue weighted by Gasteiger charge is 2.17. The van der Waals surface area contributed by atoms with Crippen LogP contribution in [-0.2, 0) is 0 Å². The van der Waals surface area contributed by atoms with Gasteiger partial charge in [-0.2, -0.15) is 4.98 Å². The van der Waals surface area contributed by atoms with E-state index in [-0.39, 0.29) is 17.8 Å². The van der Waals surface area contributed by atoms with Gasteiger partial charge in [0.2, 0.25) is 76.4 Å². The number of pyridine rings is 12. The third-order valence-electron chi connectivity index (χ3n) is 16.4. The quantitative estimate of drug-likeness (QED) is 0.0543. The highest BCUT2D eigenvalue weighted by molar-refractivity contribution is 5.50. The summed E-state index contributed by atoms with van der Waals surface area (Å²) in [6, 6.07) is 82.6. The van der Waals surface area contributed by atoms with E-state index in [1.807, 2.05) is 230 Å². The molecule has 16 aromatic rings. The van der Waals surface area contributed by atoms with Crippen molar-refractivity contribution in [3.8, 4) is 140 Å². The Labute approximate surface area is 699 Å². The number of aryl methyl sites for hydroxylation is 13. The molecule has 26 nitrogen and oxygen atoms in total. The zero-order chi connectivity index (χ0) is 84.6. The zero-order valence-electron chi connectivity index (χ0n) is 68.6. The molecule has 0 fully saturated rings. The highest BCUT2D eigenvalue weighted by atomic mass is 16.5. The van der Waals surface area contributed by atoms with E-state index in [9.17, 15) is 0 Å². The minimum absolute atomic E-state index is 0.253. The van der Waals surface area contributed by atoms with Gasteiger partial charge < -0.3 is 56.8 Å². The molecule has 0 bridgehead atoms. The molecule has 0 unspecified atom stereocenters. The molecule has 0 aliphatic carbocycles. The first-order chi connectivity index (χ1) is 58.5. The standard InChI is InChI=1S/C24H22N4O3.2C24H21N3O3.C23H20N4O3/c1-15-7-5-9-22(25-15)29-19-12-20(30-23-10-6-8-16(2)26-23)14-21(13-19)31-24-27-17(3)11-18(4)28-24;2*1-16-7-4-10-22(25-16)28-19-13-20(29-23-11-5-8-17(2)26-23)15-21(14-19)30-24-12-6-9-18(3)27-24;1-15-7-4-10-19(24-15)28-18-13-22(29-20-11-5-8-16(2)25-20)27-23(14-18)30-21-12-6-9-17(3)26-21/h5-14H,1-4H3;2*4-15H,1-3H3;4-14H,1-3H3. The normalized spacial score (nSPS) is 10.5. The van der Waals surface area contributed by atoms with Crippen molar-refractivity contribution in [3.05, 3.63) is 347 Å². The fraction of sp³-hybridized carbons (Fsp3) is 0.137. The summed E-state index contributed by atoms with van der Waals surface area (Å²) in [7, 11) is 0. The Bertz CT molecular complexity index is 5260. The molecule has 0 aliphatic rings. The summed E-state index contributed by atoms with van der Waals surface area (Å²) in [5.74, 6) is 10.8. The molecule has 0 saturated carbocycles. The monoisotopic (exact) mass is 1610 g/mol. The summed E-state index contributed by atoms with van der Waals surface area (Å²) >= 11 is 0. The van der Waals surface area contributed by atoms with Gasteiger partial charge in [-0.25, -0.2) is 64.8 Å². The molecule has 13 heterocycles. The Kier molecular flexibility index (Phi) is 27.6. The highest BCUT2D eigenvalue weighted by Crippen LogP contribution is 2.40. The molecule has 0 atom stereocenters. The van der Waals surface area contributed by atoms with E-state index < -0.39 is 0 Å². The average molecular weight is 1610 g/mol. The summed E-state index contributed by atoms with van der Waals surface area (Å²) in [5, 5.41) is 0. The Morgan fingerprint density at radius 2 is 0.273 bits per heavy atom. The van der Waals surface area contributed by atoms with Crippen LogP contribution in [0.5, 0.6) is 140 Å². The molecule has 0 saturated heterocycles. The van der Waals surface area contributed by atoms with Crippen LogP contribution in [-0.4, -0.2) is 69.8 Å². The van der Waals surface area contributed by atoms with Crippen molar-refractivity contribution in [2.75, 3.05) is 0 Å². The molecule has 606 valence electrons. The van der Waals surface area contributed by atoms with E-state index >= 15 is 0 Å². The molecule has 13 aromatic heterocycles. The summed E-state index contributed by atoms with van der Waals surface area (Å²) in [5.41, 5.74) is 11.1. The maximum Gasteiger partial charge on any atom is 0.322 e. The van der Waals surface area contributed by atoms with Gasteiger partial charge in [0.15, 0.2) is 0 Å². The third-order valence-corrected chi connectivity index (χ3v) is 16.4. The fourth-order valence-electron chi connectivity index (χ4n) is 11.3. The Hall–Kier alpha value is -15.9. The number of hydrogen-bond donors (Lipinski definition) is 0. The number of rotatable bonds is 24. The van der Waals surface area contributed by atoms with Crippen LogP contribution in [0.3, 0.4) is 0 Å². The minimum atomic E-state index is 0.253. The van der Waals surface area contributed by atoms with Crippen LogP contribution < -0.4 is 56.8 Å². The first-order valence-corrected chi connectivity index (χ1v) is 38.3. The SMILES string of the molecule is Cc1cccc(Oc2cc(Oc3cccc(C)n3)cc(Oc3cccc(C)n3)c2)n1.Cc1cccc(Oc2cc(Oc3cccc(C)n3)cc(Oc3cccc(C)n3)c2)n1.Cc1cccc(Oc2cc(Oc3cccc(C)n3)cc(Oc3nc(C)cc(C)n3)c2)n1.Cc1cccc(Oc2cc(Oc3cccc(C)n3)nc(Oc3cccc(C)n3)c2)n1. The first-order valence-electron chi connectivity index (χ1n) is 38.3. The van der Waals surface area contributed by atoms with Gasteiger partial charge in [-0.3, -0.25) is 0 Å². The molecule has 26 heteroatoms. The van der Waals surface area contributed by atoms with Gasteiger partial charge >= 0.3 is 6.01 Å². The zero-order valence-corrected chi connectivity index (χ0v) is 68.6. The molecule has 16 rings (SSSR count). The van der Waals surface area contributed by atoms with Gasteiger partial charge in [-0.1, -0.05) is 66.7 Å². The van der Waals surface area contributed by atoms with E-state index in [0.29, 0.717) is 122 Å². The van der Waals surface area contributed by atoms with Gasteiger partial charge in [-0.15, -0.1) is 0 Å². The van der Waals surface area contributed by atoms with Gasteiger partial charge in [0, 0.05) is 207 Å². The molecule has 3 aromatic carbocycles.